The van der Waals surface area contributed by atoms with Crippen molar-refractivity contribution in [3.63, 3.8) is 0 Å². The van der Waals surface area contributed by atoms with Crippen LogP contribution in [0.25, 0.3) is 0 Å². The maximum atomic E-state index is 10.9. The molecule has 1 atom stereocenters. The van der Waals surface area contributed by atoms with E-state index in [2.05, 4.69) is 15.0 Å². The van der Waals surface area contributed by atoms with E-state index in [1.54, 1.807) is 6.92 Å². The maximum Gasteiger partial charge on any atom is 0.320 e. The zero-order chi connectivity index (χ0) is 14.7. The van der Waals surface area contributed by atoms with E-state index < -0.39 is 12.0 Å². The van der Waals surface area contributed by atoms with Crippen LogP contribution in [0.4, 0.5) is 0 Å². The van der Waals surface area contributed by atoms with Gasteiger partial charge in [-0.1, -0.05) is 19.0 Å². The lowest BCUT2D eigenvalue weighted by Gasteiger charge is -2.35. The first-order chi connectivity index (χ1) is 9.47. The van der Waals surface area contributed by atoms with Gasteiger partial charge in [-0.05, 0) is 6.92 Å². The maximum absolute atomic E-state index is 10.9. The number of aliphatic carboxylic acids is 1. The van der Waals surface area contributed by atoms with Crippen molar-refractivity contribution in [3.8, 4) is 0 Å². The fourth-order valence-corrected chi connectivity index (χ4v) is 2.23. The molecule has 1 saturated heterocycles. The number of aromatic nitrogens is 2. The van der Waals surface area contributed by atoms with Crippen molar-refractivity contribution in [3.05, 3.63) is 11.7 Å². The fraction of sp³-hybridized carbons (Fsp3) is 0.769. The molecule has 1 fully saturated rings. The summed E-state index contributed by atoms with van der Waals surface area (Å²) in [5.41, 5.74) is 0. The van der Waals surface area contributed by atoms with E-state index >= 15 is 0 Å². The smallest absolute Gasteiger partial charge is 0.320 e. The zero-order valence-electron chi connectivity index (χ0n) is 12.2. The van der Waals surface area contributed by atoms with Crippen LogP contribution in [0.5, 0.6) is 0 Å². The van der Waals surface area contributed by atoms with Gasteiger partial charge in [0.05, 0.1) is 6.54 Å². The van der Waals surface area contributed by atoms with Gasteiger partial charge in [-0.15, -0.1) is 0 Å². The van der Waals surface area contributed by atoms with Gasteiger partial charge in [0.25, 0.3) is 0 Å². The van der Waals surface area contributed by atoms with Gasteiger partial charge in [0.2, 0.25) is 5.89 Å². The summed E-state index contributed by atoms with van der Waals surface area (Å²) >= 11 is 0. The van der Waals surface area contributed by atoms with E-state index in [-0.39, 0.29) is 5.92 Å². The lowest BCUT2D eigenvalue weighted by molar-refractivity contribution is -0.143. The molecule has 0 aliphatic carbocycles. The normalized spacial score (nSPS) is 19.4. The average molecular weight is 282 g/mol. The van der Waals surface area contributed by atoms with Gasteiger partial charge in [-0.3, -0.25) is 14.6 Å². The van der Waals surface area contributed by atoms with Gasteiger partial charge in [0.15, 0.2) is 5.82 Å². The van der Waals surface area contributed by atoms with Crippen molar-refractivity contribution >= 4 is 5.97 Å². The van der Waals surface area contributed by atoms with Crippen molar-refractivity contribution in [1.29, 1.82) is 0 Å². The molecule has 1 aliphatic heterocycles. The number of carbonyl (C=O) groups is 1. The molecular weight excluding hydrogens is 260 g/mol. The van der Waals surface area contributed by atoms with Crippen molar-refractivity contribution in [2.24, 2.45) is 0 Å². The summed E-state index contributed by atoms with van der Waals surface area (Å²) in [6.07, 6.45) is 0. The van der Waals surface area contributed by atoms with Crippen molar-refractivity contribution in [2.45, 2.75) is 39.3 Å². The Morgan fingerprint density at radius 2 is 1.95 bits per heavy atom. The molecule has 0 saturated carbocycles. The third-order valence-corrected chi connectivity index (χ3v) is 3.65. The van der Waals surface area contributed by atoms with E-state index in [1.807, 2.05) is 18.7 Å². The SMILES string of the molecule is CC(C)c1nc(CN2CCN(C(C)C(=O)O)CC2)no1. The number of nitrogens with zero attached hydrogens (tertiary/aromatic N) is 4. The van der Waals surface area contributed by atoms with Gasteiger partial charge in [-0.2, -0.15) is 4.98 Å². The fourth-order valence-electron chi connectivity index (χ4n) is 2.23. The van der Waals surface area contributed by atoms with Gasteiger partial charge in [-0.25, -0.2) is 0 Å². The minimum absolute atomic E-state index is 0.240. The summed E-state index contributed by atoms with van der Waals surface area (Å²) in [4.78, 5) is 19.5. The third kappa shape index (κ3) is 3.55. The number of hydrogen-bond acceptors (Lipinski definition) is 6. The van der Waals surface area contributed by atoms with Crippen LogP contribution in [0.15, 0.2) is 4.52 Å². The molecule has 20 heavy (non-hydrogen) atoms. The number of piperazine rings is 1. The van der Waals surface area contributed by atoms with E-state index in [9.17, 15) is 4.79 Å². The first-order valence-corrected chi connectivity index (χ1v) is 6.99. The number of carboxylic acids is 1. The second kappa shape index (κ2) is 6.32. The molecule has 7 nitrogen and oxygen atoms in total. The second-order valence-electron chi connectivity index (χ2n) is 5.53. The van der Waals surface area contributed by atoms with Gasteiger partial charge in [0.1, 0.15) is 6.04 Å². The molecule has 2 rings (SSSR count). The van der Waals surface area contributed by atoms with Crippen LogP contribution in [0.1, 0.15) is 38.4 Å². The molecule has 7 heteroatoms. The minimum atomic E-state index is -0.766. The summed E-state index contributed by atoms with van der Waals surface area (Å²) < 4.78 is 5.18. The predicted molar refractivity (Wildman–Crippen MR) is 72.3 cm³/mol. The van der Waals surface area contributed by atoms with Crippen LogP contribution in [0.2, 0.25) is 0 Å². The Hall–Kier alpha value is -1.47. The largest absolute Gasteiger partial charge is 0.480 e. The Morgan fingerprint density at radius 1 is 1.30 bits per heavy atom. The molecule has 0 amide bonds. The Labute approximate surface area is 118 Å². The lowest BCUT2D eigenvalue weighted by Crippen LogP contribution is -2.51. The lowest BCUT2D eigenvalue weighted by atomic mass is 10.2. The molecule has 1 unspecified atom stereocenters. The molecular formula is C13H22N4O3. The summed E-state index contributed by atoms with van der Waals surface area (Å²) in [6, 6.07) is -0.421. The molecule has 0 spiro atoms. The molecule has 2 heterocycles. The molecule has 1 aromatic heterocycles. The molecule has 1 aromatic rings. The Balaban J connectivity index is 1.83. The highest BCUT2D eigenvalue weighted by molar-refractivity contribution is 5.72. The molecule has 0 aromatic carbocycles. The molecule has 1 aliphatic rings. The van der Waals surface area contributed by atoms with Crippen molar-refractivity contribution in [2.75, 3.05) is 26.2 Å². The molecule has 0 radical (unpaired) electrons. The third-order valence-electron chi connectivity index (χ3n) is 3.65. The number of carboxylic acid groups (broad SMARTS) is 1. The van der Waals surface area contributed by atoms with Crippen molar-refractivity contribution < 1.29 is 14.4 Å². The van der Waals surface area contributed by atoms with E-state index in [0.717, 1.165) is 26.2 Å². The van der Waals surface area contributed by atoms with Crippen molar-refractivity contribution in [1.82, 2.24) is 19.9 Å². The second-order valence-corrected chi connectivity index (χ2v) is 5.53. The first kappa shape index (κ1) is 14.9. The van der Waals surface area contributed by atoms with Crippen LogP contribution in [-0.4, -0.2) is 63.2 Å². The standard InChI is InChI=1S/C13H22N4O3/c1-9(2)12-14-11(15-20-12)8-16-4-6-17(7-5-16)10(3)13(18)19/h9-10H,4-8H2,1-3H3,(H,18,19). The van der Waals surface area contributed by atoms with Crippen LogP contribution >= 0.6 is 0 Å². The van der Waals surface area contributed by atoms with E-state index in [1.165, 1.54) is 0 Å². The number of rotatable bonds is 5. The molecule has 1 N–H and O–H groups in total. The topological polar surface area (TPSA) is 82.7 Å². The summed E-state index contributed by atoms with van der Waals surface area (Å²) in [5.74, 6) is 0.842. The highest BCUT2D eigenvalue weighted by atomic mass is 16.5. The monoisotopic (exact) mass is 282 g/mol. The van der Waals surface area contributed by atoms with E-state index in [4.69, 9.17) is 9.63 Å². The van der Waals surface area contributed by atoms with Gasteiger partial charge >= 0.3 is 5.97 Å². The summed E-state index contributed by atoms with van der Waals surface area (Å²) in [6.45, 7) is 9.57. The average Bonchev–Trinajstić information content (AvgIpc) is 2.87. The number of hydrogen-bond donors (Lipinski definition) is 1. The highest BCUT2D eigenvalue weighted by Crippen LogP contribution is 2.13. The van der Waals surface area contributed by atoms with Gasteiger partial charge in [0, 0.05) is 32.1 Å². The van der Waals surface area contributed by atoms with Crippen LogP contribution < -0.4 is 0 Å². The zero-order valence-corrected chi connectivity index (χ0v) is 12.2. The molecule has 0 bridgehead atoms. The van der Waals surface area contributed by atoms with Crippen LogP contribution in [-0.2, 0) is 11.3 Å². The Kier molecular flexibility index (Phi) is 4.72. The molecule has 112 valence electrons. The summed E-state index contributed by atoms with van der Waals surface area (Å²) in [5, 5.41) is 13.0. The van der Waals surface area contributed by atoms with Crippen LogP contribution in [0.3, 0.4) is 0 Å². The van der Waals surface area contributed by atoms with E-state index in [0.29, 0.717) is 18.3 Å². The minimum Gasteiger partial charge on any atom is -0.480 e. The first-order valence-electron chi connectivity index (χ1n) is 6.99. The van der Waals surface area contributed by atoms with Crippen LogP contribution in [0, 0.1) is 0 Å². The Morgan fingerprint density at radius 3 is 2.45 bits per heavy atom. The highest BCUT2D eigenvalue weighted by Gasteiger charge is 2.25. The Bertz CT molecular complexity index is 452. The quantitative estimate of drug-likeness (QED) is 0.854. The van der Waals surface area contributed by atoms with Gasteiger partial charge < -0.3 is 9.63 Å². The summed E-state index contributed by atoms with van der Waals surface area (Å²) in [7, 11) is 0. The predicted octanol–water partition coefficient (Wildman–Crippen LogP) is 0.784.